The van der Waals surface area contributed by atoms with Crippen LogP contribution in [0.15, 0.2) is 60.7 Å². The summed E-state index contributed by atoms with van der Waals surface area (Å²) in [6, 6.07) is 19.6. The number of hydrogen-bond donors (Lipinski definition) is 1. The molecule has 1 aliphatic rings. The average Bonchev–Trinajstić information content (AvgIpc) is 2.80. The Morgan fingerprint density at radius 1 is 0.969 bits per heavy atom. The Labute approximate surface area is 189 Å². The first-order valence-electron chi connectivity index (χ1n) is 10.9. The number of benzene rings is 2. The fourth-order valence-corrected chi connectivity index (χ4v) is 3.70. The van der Waals surface area contributed by atoms with Crippen LogP contribution in [-0.2, 0) is 4.79 Å². The maximum absolute atomic E-state index is 12.8. The minimum absolute atomic E-state index is 0.00842. The Balaban J connectivity index is 1.36. The third-order valence-electron chi connectivity index (χ3n) is 5.47. The van der Waals surface area contributed by atoms with Gasteiger partial charge in [-0.05, 0) is 45.0 Å². The Bertz CT molecular complexity index is 1050. The number of nitrogens with zero attached hydrogens (tertiary/aromatic N) is 4. The number of aromatic nitrogens is 2. The maximum Gasteiger partial charge on any atom is 0.263 e. The van der Waals surface area contributed by atoms with Crippen molar-refractivity contribution in [3.63, 3.8) is 0 Å². The predicted molar refractivity (Wildman–Crippen MR) is 127 cm³/mol. The van der Waals surface area contributed by atoms with E-state index in [9.17, 15) is 4.79 Å². The third kappa shape index (κ3) is 5.35. The first kappa shape index (κ1) is 21.6. The van der Waals surface area contributed by atoms with E-state index < -0.39 is 6.10 Å². The standard InChI is InChI=1S/C25H29N5O2/c1-18-9-11-21(12-10-18)27-25-26-19(2)17-23(28-25)29-13-15-30(16-14-29)24(31)20(3)32-22-7-5-4-6-8-22/h4-12,17,20H,13-16H2,1-3H3,(H,26,27,28). The van der Waals surface area contributed by atoms with E-state index in [1.807, 2.05) is 60.4 Å². The summed E-state index contributed by atoms with van der Waals surface area (Å²) in [4.78, 5) is 26.1. The number of hydrogen-bond acceptors (Lipinski definition) is 6. The van der Waals surface area contributed by atoms with Gasteiger partial charge >= 0.3 is 0 Å². The van der Waals surface area contributed by atoms with Crippen LogP contribution in [0.3, 0.4) is 0 Å². The van der Waals surface area contributed by atoms with Crippen molar-refractivity contribution < 1.29 is 9.53 Å². The normalized spacial score (nSPS) is 14.7. The van der Waals surface area contributed by atoms with E-state index >= 15 is 0 Å². The van der Waals surface area contributed by atoms with Gasteiger partial charge in [0.2, 0.25) is 5.95 Å². The van der Waals surface area contributed by atoms with E-state index in [4.69, 9.17) is 9.72 Å². The molecule has 0 saturated carbocycles. The number of carbonyl (C=O) groups is 1. The smallest absolute Gasteiger partial charge is 0.263 e. The molecule has 1 atom stereocenters. The highest BCUT2D eigenvalue weighted by molar-refractivity contribution is 5.81. The molecule has 1 aromatic heterocycles. The molecule has 7 heteroatoms. The minimum atomic E-state index is -0.518. The topological polar surface area (TPSA) is 70.6 Å². The van der Waals surface area contributed by atoms with E-state index in [0.29, 0.717) is 37.9 Å². The largest absolute Gasteiger partial charge is 0.481 e. The van der Waals surface area contributed by atoms with Crippen LogP contribution in [0.5, 0.6) is 5.75 Å². The first-order valence-corrected chi connectivity index (χ1v) is 10.9. The predicted octanol–water partition coefficient (Wildman–Crippen LogP) is 3.95. The molecule has 1 aliphatic heterocycles. The number of carbonyl (C=O) groups excluding carboxylic acids is 1. The van der Waals surface area contributed by atoms with Crippen molar-refractivity contribution in [1.29, 1.82) is 0 Å². The lowest BCUT2D eigenvalue weighted by atomic mass is 10.2. The summed E-state index contributed by atoms with van der Waals surface area (Å²) < 4.78 is 5.80. The Morgan fingerprint density at radius 2 is 1.66 bits per heavy atom. The van der Waals surface area contributed by atoms with Crippen molar-refractivity contribution in [2.75, 3.05) is 36.4 Å². The highest BCUT2D eigenvalue weighted by Crippen LogP contribution is 2.20. The maximum atomic E-state index is 12.8. The molecule has 7 nitrogen and oxygen atoms in total. The zero-order chi connectivity index (χ0) is 22.5. The molecule has 1 saturated heterocycles. The molecule has 1 unspecified atom stereocenters. The molecule has 2 heterocycles. The lowest BCUT2D eigenvalue weighted by Crippen LogP contribution is -2.52. The molecule has 2 aromatic carbocycles. The van der Waals surface area contributed by atoms with Crippen molar-refractivity contribution in [1.82, 2.24) is 14.9 Å². The fourth-order valence-electron chi connectivity index (χ4n) is 3.70. The van der Waals surface area contributed by atoms with Crippen LogP contribution in [0.4, 0.5) is 17.5 Å². The first-order chi connectivity index (χ1) is 15.5. The summed E-state index contributed by atoms with van der Waals surface area (Å²) in [7, 11) is 0. The van der Waals surface area contributed by atoms with Gasteiger partial charge in [0.1, 0.15) is 11.6 Å². The van der Waals surface area contributed by atoms with Crippen LogP contribution >= 0.6 is 0 Å². The van der Waals surface area contributed by atoms with Gasteiger partial charge in [-0.15, -0.1) is 0 Å². The van der Waals surface area contributed by atoms with E-state index in [2.05, 4.69) is 34.3 Å². The fraction of sp³-hybridized carbons (Fsp3) is 0.320. The number of amides is 1. The Kier molecular flexibility index (Phi) is 6.54. The van der Waals surface area contributed by atoms with Crippen LogP contribution < -0.4 is 15.0 Å². The number of ether oxygens (including phenoxy) is 1. The molecule has 32 heavy (non-hydrogen) atoms. The number of rotatable bonds is 6. The van der Waals surface area contributed by atoms with Crippen molar-refractivity contribution in [3.05, 3.63) is 71.9 Å². The van der Waals surface area contributed by atoms with Gasteiger partial charge in [0.25, 0.3) is 5.91 Å². The second kappa shape index (κ2) is 9.68. The number of piperazine rings is 1. The van der Waals surface area contributed by atoms with Gasteiger partial charge in [0, 0.05) is 43.6 Å². The lowest BCUT2D eigenvalue weighted by Gasteiger charge is -2.36. The zero-order valence-corrected chi connectivity index (χ0v) is 18.8. The van der Waals surface area contributed by atoms with Crippen LogP contribution in [0.1, 0.15) is 18.2 Å². The van der Waals surface area contributed by atoms with Crippen molar-refractivity contribution in [2.45, 2.75) is 26.9 Å². The van der Waals surface area contributed by atoms with Gasteiger partial charge in [0.15, 0.2) is 6.10 Å². The van der Waals surface area contributed by atoms with Gasteiger partial charge in [0.05, 0.1) is 0 Å². The molecule has 0 spiro atoms. The molecular formula is C25H29N5O2. The molecule has 166 valence electrons. The number of anilines is 3. The number of nitrogens with one attached hydrogen (secondary N) is 1. The molecular weight excluding hydrogens is 402 g/mol. The second-order valence-electron chi connectivity index (χ2n) is 8.07. The summed E-state index contributed by atoms with van der Waals surface area (Å²) in [5.41, 5.74) is 3.06. The van der Waals surface area contributed by atoms with Crippen molar-refractivity contribution >= 4 is 23.4 Å². The zero-order valence-electron chi connectivity index (χ0n) is 18.8. The molecule has 4 rings (SSSR count). The highest BCUT2D eigenvalue weighted by atomic mass is 16.5. The Hall–Kier alpha value is -3.61. The summed E-state index contributed by atoms with van der Waals surface area (Å²) >= 11 is 0. The van der Waals surface area contributed by atoms with E-state index in [1.165, 1.54) is 5.56 Å². The minimum Gasteiger partial charge on any atom is -0.481 e. The molecule has 1 N–H and O–H groups in total. The van der Waals surface area contributed by atoms with Gasteiger partial charge in [-0.2, -0.15) is 4.98 Å². The van der Waals surface area contributed by atoms with E-state index in [0.717, 1.165) is 17.2 Å². The van der Waals surface area contributed by atoms with Crippen LogP contribution in [0.2, 0.25) is 0 Å². The SMILES string of the molecule is Cc1ccc(Nc2nc(C)cc(N3CCN(C(=O)C(C)Oc4ccccc4)CC3)n2)cc1. The summed E-state index contributed by atoms with van der Waals surface area (Å²) in [6.45, 7) is 8.51. The number of aryl methyl sites for hydroxylation is 2. The monoisotopic (exact) mass is 431 g/mol. The lowest BCUT2D eigenvalue weighted by molar-refractivity contribution is -0.138. The third-order valence-corrected chi connectivity index (χ3v) is 5.47. The molecule has 1 amide bonds. The summed E-state index contributed by atoms with van der Waals surface area (Å²) in [5.74, 6) is 2.16. The molecule has 1 fully saturated rings. The second-order valence-corrected chi connectivity index (χ2v) is 8.07. The van der Waals surface area contributed by atoms with Gasteiger partial charge in [-0.25, -0.2) is 4.98 Å². The quantitative estimate of drug-likeness (QED) is 0.637. The van der Waals surface area contributed by atoms with Crippen LogP contribution in [-0.4, -0.2) is 53.1 Å². The molecule has 0 bridgehead atoms. The number of para-hydroxylation sites is 1. The van der Waals surface area contributed by atoms with Crippen LogP contribution in [0.25, 0.3) is 0 Å². The molecule has 3 aromatic rings. The average molecular weight is 432 g/mol. The molecule has 0 aliphatic carbocycles. The summed E-state index contributed by atoms with van der Waals surface area (Å²) in [5, 5.41) is 3.29. The van der Waals surface area contributed by atoms with E-state index in [1.54, 1.807) is 6.92 Å². The Morgan fingerprint density at radius 3 is 2.34 bits per heavy atom. The van der Waals surface area contributed by atoms with E-state index in [-0.39, 0.29) is 5.91 Å². The molecule has 0 radical (unpaired) electrons. The van der Waals surface area contributed by atoms with Crippen molar-refractivity contribution in [2.24, 2.45) is 0 Å². The van der Waals surface area contributed by atoms with Crippen LogP contribution in [0, 0.1) is 13.8 Å². The van der Waals surface area contributed by atoms with Crippen molar-refractivity contribution in [3.8, 4) is 5.75 Å². The highest BCUT2D eigenvalue weighted by Gasteiger charge is 2.27. The van der Waals surface area contributed by atoms with Gasteiger partial charge < -0.3 is 19.9 Å². The summed E-state index contributed by atoms with van der Waals surface area (Å²) in [6.07, 6.45) is -0.518. The van der Waals surface area contributed by atoms with Gasteiger partial charge in [-0.3, -0.25) is 4.79 Å². The van der Waals surface area contributed by atoms with Gasteiger partial charge in [-0.1, -0.05) is 35.9 Å².